The molecule has 2 amide bonds. The first-order valence-electron chi connectivity index (χ1n) is 21.8. The van der Waals surface area contributed by atoms with Crippen molar-refractivity contribution in [1.29, 1.82) is 0 Å². The first kappa shape index (κ1) is 41.9. The molecular weight excluding hydrogens is 740 g/mol. The van der Waals surface area contributed by atoms with Gasteiger partial charge in [0.1, 0.15) is 11.6 Å². The van der Waals surface area contributed by atoms with E-state index in [-0.39, 0.29) is 63.7 Å². The standard InChI is InChI=1S/C47H65ClN2O7/c1-25(2)38-35(51)24-47(21-22-49-43(56)45(6,7)50-40(52)27-9-11-28(48)12-10-27)20-17-29-30-14-16-36-44(4,5)37(57-42(55)33-23-32(26(33)3)41(53)54)18-19-46(36,8)34(30)15-13-31(29)39(38)47/h9-12,25-26,29-34,36-37H,13-24H2,1-8H3,(H,49,56)(H,50,52)(H,53,54). The minimum absolute atomic E-state index is 0.133. The van der Waals surface area contributed by atoms with Gasteiger partial charge in [0, 0.05) is 34.4 Å². The molecule has 6 aliphatic carbocycles. The Balaban J connectivity index is 1.03. The average molecular weight is 805 g/mol. The highest BCUT2D eigenvalue weighted by Crippen LogP contribution is 2.69. The van der Waals surface area contributed by atoms with Gasteiger partial charge in [0.25, 0.3) is 5.91 Å². The van der Waals surface area contributed by atoms with Gasteiger partial charge < -0.3 is 20.5 Å². The van der Waals surface area contributed by atoms with Crippen LogP contribution in [0, 0.1) is 69.5 Å². The summed E-state index contributed by atoms with van der Waals surface area (Å²) in [6, 6.07) is 6.58. The van der Waals surface area contributed by atoms with Gasteiger partial charge in [-0.15, -0.1) is 0 Å². The number of carbonyl (C=O) groups is 5. The molecule has 6 aliphatic rings. The van der Waals surface area contributed by atoms with Crippen LogP contribution in [0.5, 0.6) is 0 Å². The van der Waals surface area contributed by atoms with E-state index in [1.54, 1.807) is 38.1 Å². The number of ketones is 1. The number of carboxylic acids is 1. The van der Waals surface area contributed by atoms with Crippen LogP contribution in [0.1, 0.15) is 136 Å². The van der Waals surface area contributed by atoms with Crippen molar-refractivity contribution in [2.45, 2.75) is 138 Å². The number of allylic oxidation sites excluding steroid dienone is 2. The topological polar surface area (TPSA) is 139 Å². The average Bonchev–Trinajstić information content (AvgIpc) is 3.44. The van der Waals surface area contributed by atoms with Crippen LogP contribution in [0.25, 0.3) is 0 Å². The third kappa shape index (κ3) is 7.18. The summed E-state index contributed by atoms with van der Waals surface area (Å²) in [6.07, 6.45) is 9.78. The maximum atomic E-state index is 14.0. The first-order chi connectivity index (χ1) is 26.7. The fourth-order valence-corrected chi connectivity index (χ4v) is 13.8. The molecule has 7 rings (SSSR count). The third-order valence-electron chi connectivity index (χ3n) is 16.7. The molecule has 10 heteroatoms. The number of hydrogen-bond donors (Lipinski definition) is 3. The molecule has 11 atom stereocenters. The van der Waals surface area contributed by atoms with E-state index in [0.29, 0.717) is 66.0 Å². The SMILES string of the molecule is CC(C)C1=C2C3CCC4C(CCC5C(C)(C)C(OC(=O)C6CC(C(=O)O)C6C)CCC45C)C3CCC2(CCNC(=O)C(C)(C)NC(=O)c2ccc(Cl)cc2)CC1=O. The van der Waals surface area contributed by atoms with Gasteiger partial charge in [-0.05, 0) is 155 Å². The lowest BCUT2D eigenvalue weighted by Gasteiger charge is -2.65. The van der Waals surface area contributed by atoms with Crippen LogP contribution in [0.15, 0.2) is 35.4 Å². The lowest BCUT2D eigenvalue weighted by atomic mass is 9.40. The van der Waals surface area contributed by atoms with Gasteiger partial charge in [-0.3, -0.25) is 24.0 Å². The maximum absolute atomic E-state index is 14.0. The van der Waals surface area contributed by atoms with E-state index in [1.165, 1.54) is 5.57 Å². The van der Waals surface area contributed by atoms with E-state index in [2.05, 4.69) is 45.3 Å². The van der Waals surface area contributed by atoms with Crippen molar-refractivity contribution < 1.29 is 33.8 Å². The Morgan fingerprint density at radius 3 is 2.30 bits per heavy atom. The second-order valence-electron chi connectivity index (χ2n) is 20.7. The lowest BCUT2D eigenvalue weighted by Crippen LogP contribution is -2.60. The van der Waals surface area contributed by atoms with Gasteiger partial charge in [-0.25, -0.2) is 0 Å². The zero-order chi connectivity index (χ0) is 41.4. The van der Waals surface area contributed by atoms with Crippen molar-refractivity contribution in [3.63, 3.8) is 0 Å². The quantitative estimate of drug-likeness (QED) is 0.201. The molecule has 0 heterocycles. The zero-order valence-corrected chi connectivity index (χ0v) is 36.1. The number of Topliss-reactive ketones (excluding diaryl/α,β-unsaturated/α-hetero) is 1. The predicted molar refractivity (Wildman–Crippen MR) is 219 cm³/mol. The van der Waals surface area contributed by atoms with Gasteiger partial charge >= 0.3 is 11.9 Å². The highest BCUT2D eigenvalue weighted by atomic mass is 35.5. The van der Waals surface area contributed by atoms with Crippen molar-refractivity contribution in [2.24, 2.45) is 69.5 Å². The molecular formula is C47H65ClN2O7. The fraction of sp³-hybridized carbons (Fsp3) is 0.723. The highest BCUT2D eigenvalue weighted by Gasteiger charge is 2.63. The summed E-state index contributed by atoms with van der Waals surface area (Å²) in [7, 11) is 0. The van der Waals surface area contributed by atoms with E-state index in [1.807, 2.05) is 6.92 Å². The van der Waals surface area contributed by atoms with Crippen LogP contribution in [-0.4, -0.2) is 52.8 Å². The van der Waals surface area contributed by atoms with Gasteiger partial charge in [0.2, 0.25) is 5.91 Å². The second kappa shape index (κ2) is 15.1. The van der Waals surface area contributed by atoms with E-state index < -0.39 is 17.4 Å². The molecule has 3 N–H and O–H groups in total. The number of hydrogen-bond acceptors (Lipinski definition) is 6. The summed E-state index contributed by atoms with van der Waals surface area (Å²) in [4.78, 5) is 65.3. The number of rotatable bonds is 10. The molecule has 9 nitrogen and oxygen atoms in total. The van der Waals surface area contributed by atoms with E-state index in [4.69, 9.17) is 16.3 Å². The van der Waals surface area contributed by atoms with Crippen LogP contribution in [0.4, 0.5) is 0 Å². The Bertz CT molecular complexity index is 1830. The number of nitrogens with one attached hydrogen (secondary N) is 2. The number of carbonyl (C=O) groups excluding carboxylic acids is 4. The third-order valence-corrected chi connectivity index (χ3v) is 16.9. The minimum atomic E-state index is -1.14. The monoisotopic (exact) mass is 804 g/mol. The molecule has 0 spiro atoms. The molecule has 312 valence electrons. The number of esters is 1. The van der Waals surface area contributed by atoms with Crippen LogP contribution in [0.2, 0.25) is 5.02 Å². The Kier molecular flexibility index (Phi) is 11.1. The molecule has 0 radical (unpaired) electrons. The molecule has 0 aliphatic heterocycles. The lowest BCUT2D eigenvalue weighted by molar-refractivity contribution is -0.201. The molecule has 5 saturated carbocycles. The normalized spacial score (nSPS) is 36.9. The molecule has 1 aromatic rings. The minimum Gasteiger partial charge on any atom is -0.481 e. The van der Waals surface area contributed by atoms with Crippen molar-refractivity contribution in [2.75, 3.05) is 6.54 Å². The first-order valence-corrected chi connectivity index (χ1v) is 22.2. The molecule has 1 aromatic carbocycles. The second-order valence-corrected chi connectivity index (χ2v) is 21.1. The number of amides is 2. The van der Waals surface area contributed by atoms with Crippen LogP contribution in [-0.2, 0) is 23.9 Å². The number of fused-ring (bicyclic) bond motifs is 7. The Hall–Kier alpha value is -3.20. The van der Waals surface area contributed by atoms with Crippen molar-refractivity contribution in [1.82, 2.24) is 10.6 Å². The summed E-state index contributed by atoms with van der Waals surface area (Å²) in [6.45, 7) is 17.2. The maximum Gasteiger partial charge on any atom is 0.309 e. The van der Waals surface area contributed by atoms with Gasteiger partial charge in [0.15, 0.2) is 5.78 Å². The van der Waals surface area contributed by atoms with Crippen molar-refractivity contribution >= 4 is 41.1 Å². The summed E-state index contributed by atoms with van der Waals surface area (Å²) in [5, 5.41) is 16.0. The summed E-state index contributed by atoms with van der Waals surface area (Å²) in [5.41, 5.74) is 1.44. The van der Waals surface area contributed by atoms with Gasteiger partial charge in [0.05, 0.1) is 11.8 Å². The largest absolute Gasteiger partial charge is 0.481 e. The Labute approximate surface area is 344 Å². The number of halogens is 1. The molecule has 0 bridgehead atoms. The smallest absolute Gasteiger partial charge is 0.309 e. The van der Waals surface area contributed by atoms with Crippen LogP contribution in [0.3, 0.4) is 0 Å². The number of benzene rings is 1. The van der Waals surface area contributed by atoms with Crippen LogP contribution >= 0.6 is 11.6 Å². The van der Waals surface area contributed by atoms with Crippen molar-refractivity contribution in [3.8, 4) is 0 Å². The number of carboxylic acid groups (broad SMARTS) is 1. The molecule has 0 aromatic heterocycles. The highest BCUT2D eigenvalue weighted by molar-refractivity contribution is 6.30. The number of ether oxygens (including phenoxy) is 1. The Morgan fingerprint density at radius 1 is 0.947 bits per heavy atom. The fourth-order valence-electron chi connectivity index (χ4n) is 13.6. The summed E-state index contributed by atoms with van der Waals surface area (Å²) in [5.74, 6) is 0.294. The summed E-state index contributed by atoms with van der Waals surface area (Å²) < 4.78 is 6.31. The van der Waals surface area contributed by atoms with Gasteiger partial charge in [-0.1, -0.05) is 58.7 Å². The molecule has 0 saturated heterocycles. The number of aliphatic carboxylic acids is 1. The Morgan fingerprint density at radius 2 is 1.65 bits per heavy atom. The van der Waals surface area contributed by atoms with E-state index in [9.17, 15) is 29.1 Å². The predicted octanol–water partition coefficient (Wildman–Crippen LogP) is 8.82. The van der Waals surface area contributed by atoms with Gasteiger partial charge in [-0.2, -0.15) is 0 Å². The summed E-state index contributed by atoms with van der Waals surface area (Å²) >= 11 is 6.00. The van der Waals surface area contributed by atoms with Crippen molar-refractivity contribution in [3.05, 3.63) is 46.0 Å². The molecule has 11 unspecified atom stereocenters. The van der Waals surface area contributed by atoms with Crippen LogP contribution < -0.4 is 10.6 Å². The molecule has 5 fully saturated rings. The van der Waals surface area contributed by atoms with E-state index in [0.717, 1.165) is 56.9 Å². The van der Waals surface area contributed by atoms with E-state index >= 15 is 0 Å². The molecule has 57 heavy (non-hydrogen) atoms. The zero-order valence-electron chi connectivity index (χ0n) is 35.3.